The Morgan fingerprint density at radius 1 is 1.50 bits per heavy atom. The molecule has 2 N–H and O–H groups in total. The fraction of sp³-hybridized carbons (Fsp3) is 0.308. The van der Waals surface area contributed by atoms with Crippen molar-refractivity contribution in [1.82, 2.24) is 5.32 Å². The summed E-state index contributed by atoms with van der Waals surface area (Å²) >= 11 is 0. The van der Waals surface area contributed by atoms with E-state index in [0.29, 0.717) is 0 Å². The van der Waals surface area contributed by atoms with Crippen LogP contribution in [0.3, 0.4) is 0 Å². The molecule has 0 heterocycles. The molecular weight excluding hydrogens is 202 g/mol. The molecule has 16 heavy (non-hydrogen) atoms. The van der Waals surface area contributed by atoms with Crippen molar-refractivity contribution in [3.05, 3.63) is 48.6 Å². The lowest BCUT2D eigenvalue weighted by Gasteiger charge is -2.19. The van der Waals surface area contributed by atoms with Crippen molar-refractivity contribution >= 4 is 5.97 Å². The Hall–Kier alpha value is -1.61. The third-order valence-electron chi connectivity index (χ3n) is 2.35. The van der Waals surface area contributed by atoms with E-state index in [2.05, 4.69) is 11.9 Å². The summed E-state index contributed by atoms with van der Waals surface area (Å²) in [5.41, 5.74) is 0.769. The molecule has 0 saturated carbocycles. The molecule has 3 nitrogen and oxygen atoms in total. The lowest BCUT2D eigenvalue weighted by molar-refractivity contribution is -0.139. The van der Waals surface area contributed by atoms with E-state index >= 15 is 0 Å². The first-order valence-corrected chi connectivity index (χ1v) is 5.30. The largest absolute Gasteiger partial charge is 0.480 e. The van der Waals surface area contributed by atoms with Gasteiger partial charge in [-0.3, -0.25) is 10.1 Å². The average molecular weight is 219 g/mol. The highest BCUT2D eigenvalue weighted by molar-refractivity contribution is 5.75. The highest BCUT2D eigenvalue weighted by atomic mass is 16.4. The van der Waals surface area contributed by atoms with Gasteiger partial charge in [0.25, 0.3) is 0 Å². The molecule has 0 aliphatic carbocycles. The molecule has 0 bridgehead atoms. The first-order valence-electron chi connectivity index (χ1n) is 5.30. The number of carbonyl (C=O) groups is 1. The van der Waals surface area contributed by atoms with E-state index < -0.39 is 12.0 Å². The van der Waals surface area contributed by atoms with Crippen LogP contribution in [0.1, 0.15) is 24.9 Å². The second kappa shape index (κ2) is 6.08. The smallest absolute Gasteiger partial charge is 0.325 e. The van der Waals surface area contributed by atoms with Gasteiger partial charge in [0.1, 0.15) is 6.04 Å². The number of aliphatic carboxylic acids is 1. The SMILES string of the molecule is C=CCC(C)NC(C(=O)O)c1ccccc1. The fourth-order valence-corrected chi connectivity index (χ4v) is 1.56. The number of benzene rings is 1. The Kier molecular flexibility index (Phi) is 4.73. The second-order valence-electron chi connectivity index (χ2n) is 3.77. The molecule has 0 radical (unpaired) electrons. The highest BCUT2D eigenvalue weighted by Crippen LogP contribution is 2.14. The summed E-state index contributed by atoms with van der Waals surface area (Å²) in [7, 11) is 0. The number of nitrogens with one attached hydrogen (secondary N) is 1. The third-order valence-corrected chi connectivity index (χ3v) is 2.35. The highest BCUT2D eigenvalue weighted by Gasteiger charge is 2.20. The molecule has 0 saturated heterocycles. The molecule has 1 aromatic rings. The summed E-state index contributed by atoms with van der Waals surface area (Å²) < 4.78 is 0. The molecule has 0 spiro atoms. The molecule has 0 aromatic heterocycles. The second-order valence-corrected chi connectivity index (χ2v) is 3.77. The van der Waals surface area contributed by atoms with Crippen molar-refractivity contribution in [2.24, 2.45) is 0 Å². The maximum atomic E-state index is 11.2. The average Bonchev–Trinajstić information content (AvgIpc) is 2.27. The van der Waals surface area contributed by atoms with E-state index in [-0.39, 0.29) is 6.04 Å². The van der Waals surface area contributed by atoms with Crippen molar-refractivity contribution in [3.8, 4) is 0 Å². The van der Waals surface area contributed by atoms with E-state index in [4.69, 9.17) is 5.11 Å². The standard InChI is InChI=1S/C13H17NO2/c1-3-7-10(2)14-12(13(15)16)11-8-5-4-6-9-11/h3-6,8-10,12,14H,1,7H2,2H3,(H,15,16). The molecule has 0 fully saturated rings. The van der Waals surface area contributed by atoms with Crippen molar-refractivity contribution in [2.45, 2.75) is 25.4 Å². The van der Waals surface area contributed by atoms with Crippen LogP contribution in [0.25, 0.3) is 0 Å². The molecule has 0 aliphatic heterocycles. The van der Waals surface area contributed by atoms with Crippen LogP contribution >= 0.6 is 0 Å². The summed E-state index contributed by atoms with van der Waals surface area (Å²) in [6.45, 7) is 5.58. The summed E-state index contributed by atoms with van der Waals surface area (Å²) in [6, 6.07) is 8.61. The molecule has 1 aromatic carbocycles. The fourth-order valence-electron chi connectivity index (χ4n) is 1.56. The van der Waals surface area contributed by atoms with Crippen LogP contribution in [0, 0.1) is 0 Å². The molecule has 3 heteroatoms. The first kappa shape index (κ1) is 12.5. The van der Waals surface area contributed by atoms with E-state index in [9.17, 15) is 4.79 Å². The Morgan fingerprint density at radius 2 is 2.12 bits per heavy atom. The van der Waals surface area contributed by atoms with Crippen LogP contribution in [-0.4, -0.2) is 17.1 Å². The van der Waals surface area contributed by atoms with Gasteiger partial charge in [-0.2, -0.15) is 0 Å². The minimum atomic E-state index is -0.859. The minimum absolute atomic E-state index is 0.0961. The topological polar surface area (TPSA) is 49.3 Å². The first-order chi connectivity index (χ1) is 7.65. The van der Waals surface area contributed by atoms with Gasteiger partial charge in [0.15, 0.2) is 0 Å². The Balaban J connectivity index is 2.76. The van der Waals surface area contributed by atoms with Crippen molar-refractivity contribution in [3.63, 3.8) is 0 Å². The third kappa shape index (κ3) is 3.51. The zero-order chi connectivity index (χ0) is 12.0. The minimum Gasteiger partial charge on any atom is -0.480 e. The van der Waals surface area contributed by atoms with Crippen LogP contribution in [0.15, 0.2) is 43.0 Å². The molecule has 86 valence electrons. The molecular formula is C13H17NO2. The van der Waals surface area contributed by atoms with Crippen molar-refractivity contribution in [1.29, 1.82) is 0 Å². The predicted molar refractivity (Wildman–Crippen MR) is 64.2 cm³/mol. The van der Waals surface area contributed by atoms with Gasteiger partial charge in [-0.15, -0.1) is 6.58 Å². The summed E-state index contributed by atoms with van der Waals surface area (Å²) in [5.74, 6) is -0.859. The van der Waals surface area contributed by atoms with Crippen molar-refractivity contribution < 1.29 is 9.90 Å². The van der Waals surface area contributed by atoms with Gasteiger partial charge in [0.05, 0.1) is 0 Å². The number of hydrogen-bond donors (Lipinski definition) is 2. The summed E-state index contributed by atoms with van der Waals surface area (Å²) in [5, 5.41) is 12.2. The lowest BCUT2D eigenvalue weighted by atomic mass is 10.1. The maximum absolute atomic E-state index is 11.2. The molecule has 0 aliphatic rings. The van der Waals surface area contributed by atoms with Gasteiger partial charge < -0.3 is 5.11 Å². The van der Waals surface area contributed by atoms with Gasteiger partial charge in [-0.25, -0.2) is 0 Å². The van der Waals surface area contributed by atoms with E-state index in [0.717, 1.165) is 12.0 Å². The molecule has 2 atom stereocenters. The van der Waals surface area contributed by atoms with E-state index in [1.165, 1.54) is 0 Å². The molecule has 0 amide bonds. The number of hydrogen-bond acceptors (Lipinski definition) is 2. The van der Waals surface area contributed by atoms with Crippen LogP contribution < -0.4 is 5.32 Å². The van der Waals surface area contributed by atoms with E-state index in [1.807, 2.05) is 37.3 Å². The van der Waals surface area contributed by atoms with Crippen LogP contribution in [0.5, 0.6) is 0 Å². The van der Waals surface area contributed by atoms with Gasteiger partial charge in [-0.1, -0.05) is 36.4 Å². The normalized spacial score (nSPS) is 14.1. The van der Waals surface area contributed by atoms with Crippen LogP contribution in [0.2, 0.25) is 0 Å². The molecule has 2 unspecified atom stereocenters. The van der Waals surface area contributed by atoms with E-state index in [1.54, 1.807) is 6.08 Å². The van der Waals surface area contributed by atoms with Gasteiger partial charge in [0.2, 0.25) is 0 Å². The van der Waals surface area contributed by atoms with Crippen molar-refractivity contribution in [2.75, 3.05) is 0 Å². The monoisotopic (exact) mass is 219 g/mol. The predicted octanol–water partition coefficient (Wildman–Crippen LogP) is 2.37. The Morgan fingerprint density at radius 3 is 2.62 bits per heavy atom. The van der Waals surface area contributed by atoms with Gasteiger partial charge in [-0.05, 0) is 18.9 Å². The zero-order valence-electron chi connectivity index (χ0n) is 9.39. The summed E-state index contributed by atoms with van der Waals surface area (Å²) in [6.07, 6.45) is 2.53. The number of carboxylic acids is 1. The number of carboxylic acid groups (broad SMARTS) is 1. The van der Waals surface area contributed by atoms with Gasteiger partial charge in [0, 0.05) is 6.04 Å². The quantitative estimate of drug-likeness (QED) is 0.722. The van der Waals surface area contributed by atoms with Crippen LogP contribution in [-0.2, 0) is 4.79 Å². The summed E-state index contributed by atoms with van der Waals surface area (Å²) in [4.78, 5) is 11.2. The van der Waals surface area contributed by atoms with Crippen LogP contribution in [0.4, 0.5) is 0 Å². The zero-order valence-corrected chi connectivity index (χ0v) is 9.39. The lowest BCUT2D eigenvalue weighted by Crippen LogP contribution is -2.35. The van der Waals surface area contributed by atoms with Gasteiger partial charge >= 0.3 is 5.97 Å². The Bertz CT molecular complexity index is 348. The number of rotatable bonds is 6. The maximum Gasteiger partial charge on any atom is 0.325 e. The molecule has 1 rings (SSSR count). The Labute approximate surface area is 95.8 Å².